The van der Waals surface area contributed by atoms with E-state index in [1.807, 2.05) is 0 Å². The normalized spacial score (nSPS) is 11.4. The van der Waals surface area contributed by atoms with Crippen LogP contribution in [-0.2, 0) is 27.4 Å². The van der Waals surface area contributed by atoms with E-state index in [1.54, 1.807) is 30.5 Å². The second-order valence-corrected chi connectivity index (χ2v) is 6.56. The number of H-pyrrole nitrogens is 1. The van der Waals surface area contributed by atoms with Gasteiger partial charge in [0, 0.05) is 44.2 Å². The van der Waals surface area contributed by atoms with Gasteiger partial charge in [-0.05, 0) is 17.7 Å². The van der Waals surface area contributed by atoms with E-state index in [1.165, 1.54) is 6.33 Å². The molecule has 1 aromatic carbocycles. The van der Waals surface area contributed by atoms with E-state index < -0.39 is 11.1 Å². The third-order valence-corrected chi connectivity index (χ3v) is 4.15. The summed E-state index contributed by atoms with van der Waals surface area (Å²) in [5.74, 6) is -0.0271. The van der Waals surface area contributed by atoms with E-state index >= 15 is 0 Å². The molecule has 31 heavy (non-hydrogen) atoms. The van der Waals surface area contributed by atoms with Gasteiger partial charge in [-0.15, -0.1) is 10.1 Å². The molecule has 0 aliphatic carbocycles. The van der Waals surface area contributed by atoms with Gasteiger partial charge in [0.25, 0.3) is 5.09 Å². The Morgan fingerprint density at radius 3 is 2.68 bits per heavy atom. The molecule has 5 N–H and O–H groups in total. The first-order valence-electron chi connectivity index (χ1n) is 9.71. The summed E-state index contributed by atoms with van der Waals surface area (Å²) in [6.45, 7) is 0.712. The van der Waals surface area contributed by atoms with Crippen LogP contribution in [0.5, 0.6) is 5.75 Å². The molecule has 2 amide bonds. The standard InChI is InChI=1S/C19H26N6O6/c20-7-6-18(26)24-17(10-15-12-21-13-23-15)19(27)22-11-14-2-4-16(5-3-14)30-8-1-9-31-25(28)29/h2-5,12-13,17H,1,6-11,20H2,(H,21,23)(H,22,27)(H,24,26)/t17-/m0/s1. The molecule has 0 radical (unpaired) electrons. The minimum Gasteiger partial charge on any atom is -0.494 e. The Morgan fingerprint density at radius 2 is 2.03 bits per heavy atom. The number of nitrogens with two attached hydrogens (primary N) is 1. The van der Waals surface area contributed by atoms with Crippen LogP contribution >= 0.6 is 0 Å². The summed E-state index contributed by atoms with van der Waals surface area (Å²) in [5.41, 5.74) is 6.96. The maximum atomic E-state index is 12.6. The largest absolute Gasteiger partial charge is 0.494 e. The number of aromatic amines is 1. The maximum Gasteiger partial charge on any atom is 0.294 e. The Labute approximate surface area is 178 Å². The number of benzene rings is 1. The van der Waals surface area contributed by atoms with E-state index in [2.05, 4.69) is 25.4 Å². The van der Waals surface area contributed by atoms with Crippen LogP contribution in [0.2, 0.25) is 0 Å². The van der Waals surface area contributed by atoms with Crippen LogP contribution in [0.4, 0.5) is 0 Å². The highest BCUT2D eigenvalue weighted by Crippen LogP contribution is 2.12. The van der Waals surface area contributed by atoms with Crippen molar-refractivity contribution in [3.05, 3.63) is 58.2 Å². The number of amides is 2. The second kappa shape index (κ2) is 12.8. The fourth-order valence-corrected chi connectivity index (χ4v) is 2.63. The van der Waals surface area contributed by atoms with E-state index in [-0.39, 0.29) is 51.0 Å². The lowest BCUT2D eigenvalue weighted by Gasteiger charge is -2.18. The van der Waals surface area contributed by atoms with Crippen molar-refractivity contribution >= 4 is 11.8 Å². The van der Waals surface area contributed by atoms with E-state index in [9.17, 15) is 19.7 Å². The molecule has 0 saturated heterocycles. The molecule has 12 nitrogen and oxygen atoms in total. The van der Waals surface area contributed by atoms with E-state index in [0.717, 1.165) is 11.3 Å². The van der Waals surface area contributed by atoms with Gasteiger partial charge in [0.05, 0.1) is 19.5 Å². The molecule has 12 heteroatoms. The quantitative estimate of drug-likeness (QED) is 0.184. The summed E-state index contributed by atoms with van der Waals surface area (Å²) in [6, 6.07) is 6.30. The van der Waals surface area contributed by atoms with Gasteiger partial charge in [-0.25, -0.2) is 4.98 Å². The number of ether oxygens (including phenoxy) is 1. The van der Waals surface area contributed by atoms with Crippen molar-refractivity contribution in [3.63, 3.8) is 0 Å². The molecular formula is C19H26N6O6. The van der Waals surface area contributed by atoms with Crippen molar-refractivity contribution in [2.75, 3.05) is 19.8 Å². The van der Waals surface area contributed by atoms with Crippen LogP contribution < -0.4 is 21.1 Å². The lowest BCUT2D eigenvalue weighted by Crippen LogP contribution is -2.48. The van der Waals surface area contributed by atoms with Crippen molar-refractivity contribution < 1.29 is 24.3 Å². The summed E-state index contributed by atoms with van der Waals surface area (Å²) in [7, 11) is 0. The molecule has 1 atom stereocenters. The molecule has 0 saturated carbocycles. The van der Waals surface area contributed by atoms with Crippen LogP contribution in [0.25, 0.3) is 0 Å². The van der Waals surface area contributed by atoms with Crippen LogP contribution in [0.15, 0.2) is 36.8 Å². The predicted molar refractivity (Wildman–Crippen MR) is 109 cm³/mol. The van der Waals surface area contributed by atoms with Crippen LogP contribution in [0.3, 0.4) is 0 Å². The SMILES string of the molecule is NCCC(=O)N[C@@H](Cc1cnc[nH]1)C(=O)NCc1ccc(OCCCO[N+](=O)[O-])cc1. The zero-order chi connectivity index (χ0) is 22.5. The van der Waals surface area contributed by atoms with Crippen molar-refractivity contribution in [1.82, 2.24) is 20.6 Å². The molecule has 0 bridgehead atoms. The first-order valence-corrected chi connectivity index (χ1v) is 9.71. The van der Waals surface area contributed by atoms with E-state index in [0.29, 0.717) is 12.2 Å². The summed E-state index contributed by atoms with van der Waals surface area (Å²) in [6.07, 6.45) is 3.89. The topological polar surface area (TPSA) is 174 Å². The van der Waals surface area contributed by atoms with Crippen LogP contribution in [0, 0.1) is 10.1 Å². The first kappa shape index (κ1) is 23.6. The average Bonchev–Trinajstić information content (AvgIpc) is 3.25. The highest BCUT2D eigenvalue weighted by molar-refractivity contribution is 5.87. The number of aromatic nitrogens is 2. The van der Waals surface area contributed by atoms with Crippen LogP contribution in [0.1, 0.15) is 24.1 Å². The Balaban J connectivity index is 1.82. The summed E-state index contributed by atoms with van der Waals surface area (Å²) in [5, 5.41) is 14.7. The van der Waals surface area contributed by atoms with Crippen molar-refractivity contribution in [1.29, 1.82) is 0 Å². The van der Waals surface area contributed by atoms with Gasteiger partial charge in [0.1, 0.15) is 11.8 Å². The molecule has 0 unspecified atom stereocenters. The number of nitrogens with zero attached hydrogens (tertiary/aromatic N) is 2. The van der Waals surface area contributed by atoms with E-state index in [4.69, 9.17) is 10.5 Å². The number of hydrogen-bond donors (Lipinski definition) is 4. The number of nitrogens with one attached hydrogen (secondary N) is 3. The molecule has 168 valence electrons. The smallest absolute Gasteiger partial charge is 0.294 e. The summed E-state index contributed by atoms with van der Waals surface area (Å²) in [4.78, 5) is 45.6. The molecule has 1 heterocycles. The van der Waals surface area contributed by atoms with Crippen molar-refractivity contribution in [3.8, 4) is 5.75 Å². The first-order chi connectivity index (χ1) is 15.0. The highest BCUT2D eigenvalue weighted by atomic mass is 16.9. The monoisotopic (exact) mass is 434 g/mol. The number of imidazole rings is 1. The lowest BCUT2D eigenvalue weighted by molar-refractivity contribution is -0.757. The third-order valence-electron chi connectivity index (χ3n) is 4.15. The Morgan fingerprint density at radius 1 is 1.26 bits per heavy atom. The van der Waals surface area contributed by atoms with Gasteiger partial charge in [-0.3, -0.25) is 9.59 Å². The van der Waals surface area contributed by atoms with Gasteiger partial charge >= 0.3 is 0 Å². The third kappa shape index (κ3) is 9.12. The fraction of sp³-hybridized carbons (Fsp3) is 0.421. The maximum absolute atomic E-state index is 12.6. The molecule has 1 aromatic heterocycles. The highest BCUT2D eigenvalue weighted by Gasteiger charge is 2.21. The number of rotatable bonds is 14. The van der Waals surface area contributed by atoms with Gasteiger partial charge in [-0.1, -0.05) is 12.1 Å². The van der Waals surface area contributed by atoms with Crippen molar-refractivity contribution in [2.45, 2.75) is 31.8 Å². The fourth-order valence-electron chi connectivity index (χ4n) is 2.63. The van der Waals surface area contributed by atoms with Gasteiger partial charge in [0.15, 0.2) is 0 Å². The molecule has 2 rings (SSSR count). The minimum atomic E-state index is -0.841. The number of carbonyl (C=O) groups is 2. The second-order valence-electron chi connectivity index (χ2n) is 6.56. The molecule has 2 aromatic rings. The molecule has 0 aliphatic rings. The number of hydrogen-bond acceptors (Lipinski definition) is 8. The average molecular weight is 434 g/mol. The Kier molecular flexibility index (Phi) is 9.75. The molecule has 0 aliphatic heterocycles. The molecule has 0 fully saturated rings. The zero-order valence-corrected chi connectivity index (χ0v) is 16.9. The lowest BCUT2D eigenvalue weighted by atomic mass is 10.1. The Bertz CT molecular complexity index is 827. The van der Waals surface area contributed by atoms with Gasteiger partial charge in [-0.2, -0.15) is 0 Å². The minimum absolute atomic E-state index is 0.0291. The Hall–Kier alpha value is -3.67. The summed E-state index contributed by atoms with van der Waals surface area (Å²) >= 11 is 0. The van der Waals surface area contributed by atoms with Gasteiger partial charge in [0.2, 0.25) is 11.8 Å². The van der Waals surface area contributed by atoms with Crippen molar-refractivity contribution in [2.24, 2.45) is 5.73 Å². The predicted octanol–water partition coefficient (Wildman–Crippen LogP) is 0.0794. The molecule has 0 spiro atoms. The zero-order valence-electron chi connectivity index (χ0n) is 16.9. The van der Waals surface area contributed by atoms with Crippen LogP contribution in [-0.4, -0.2) is 52.7 Å². The number of carbonyl (C=O) groups excluding carboxylic acids is 2. The summed E-state index contributed by atoms with van der Waals surface area (Å²) < 4.78 is 5.48. The van der Waals surface area contributed by atoms with Gasteiger partial charge < -0.3 is 30.9 Å². The molecular weight excluding hydrogens is 408 g/mol.